The number of amides is 1. The van der Waals surface area contributed by atoms with Crippen molar-refractivity contribution in [3.05, 3.63) is 47.2 Å². The Kier molecular flexibility index (Phi) is 2.21. The highest BCUT2D eigenvalue weighted by molar-refractivity contribution is 5.97. The van der Waals surface area contributed by atoms with E-state index in [-0.39, 0.29) is 11.8 Å². The van der Waals surface area contributed by atoms with Gasteiger partial charge in [-0.1, -0.05) is 24.3 Å². The lowest BCUT2D eigenvalue weighted by atomic mass is 9.77. The average Bonchev–Trinajstić information content (AvgIpc) is 2.66. The molecule has 2 aromatic rings. The summed E-state index contributed by atoms with van der Waals surface area (Å²) in [4.78, 5) is 12.0. The number of nitrogens with zero attached hydrogens (tertiary/aromatic N) is 1. The monoisotopic (exact) mass is 227 g/mol. The number of anilines is 1. The zero-order valence-corrected chi connectivity index (χ0v) is 9.53. The third-order valence-corrected chi connectivity index (χ3v) is 3.25. The van der Waals surface area contributed by atoms with E-state index in [2.05, 4.69) is 21.6 Å². The molecule has 86 valence electrons. The molecule has 0 saturated carbocycles. The fourth-order valence-electron chi connectivity index (χ4n) is 2.18. The molecule has 1 aromatic carbocycles. The van der Waals surface area contributed by atoms with Crippen molar-refractivity contribution in [1.82, 2.24) is 10.2 Å². The van der Waals surface area contributed by atoms with Gasteiger partial charge in [0.2, 0.25) is 5.91 Å². The van der Waals surface area contributed by atoms with Gasteiger partial charge in [-0.3, -0.25) is 9.89 Å². The minimum absolute atomic E-state index is 0.0195. The van der Waals surface area contributed by atoms with Crippen LogP contribution in [0.2, 0.25) is 0 Å². The maximum absolute atomic E-state index is 12.0. The number of carbonyl (C=O) groups is 1. The summed E-state index contributed by atoms with van der Waals surface area (Å²) in [5.41, 5.74) is 3.36. The second kappa shape index (κ2) is 3.73. The number of aromatic nitrogens is 2. The van der Waals surface area contributed by atoms with Gasteiger partial charge in [0.05, 0.1) is 12.1 Å². The Morgan fingerprint density at radius 2 is 2.29 bits per heavy atom. The normalized spacial score (nSPS) is 17.1. The summed E-state index contributed by atoms with van der Waals surface area (Å²) in [6.07, 6.45) is 2.53. The Morgan fingerprint density at radius 3 is 3.00 bits per heavy atom. The van der Waals surface area contributed by atoms with Crippen molar-refractivity contribution in [2.75, 3.05) is 5.32 Å². The van der Waals surface area contributed by atoms with Gasteiger partial charge in [0, 0.05) is 5.56 Å². The Morgan fingerprint density at radius 1 is 1.47 bits per heavy atom. The van der Waals surface area contributed by atoms with Gasteiger partial charge in [-0.2, -0.15) is 5.10 Å². The maximum Gasteiger partial charge on any atom is 0.233 e. The molecule has 3 rings (SSSR count). The Hall–Kier alpha value is -2.10. The molecule has 1 aliphatic carbocycles. The van der Waals surface area contributed by atoms with Crippen LogP contribution in [0.3, 0.4) is 0 Å². The molecule has 0 bridgehead atoms. The third kappa shape index (κ3) is 1.62. The van der Waals surface area contributed by atoms with Crippen molar-refractivity contribution in [2.45, 2.75) is 19.3 Å². The van der Waals surface area contributed by atoms with Crippen LogP contribution >= 0.6 is 0 Å². The third-order valence-electron chi connectivity index (χ3n) is 3.25. The molecule has 1 atom stereocenters. The molecule has 0 fully saturated rings. The van der Waals surface area contributed by atoms with Crippen molar-refractivity contribution in [3.63, 3.8) is 0 Å². The van der Waals surface area contributed by atoms with E-state index in [0.29, 0.717) is 5.82 Å². The predicted octanol–water partition coefficient (Wildman–Crippen LogP) is 2.00. The first-order valence-electron chi connectivity index (χ1n) is 5.64. The molecule has 0 saturated heterocycles. The topological polar surface area (TPSA) is 57.8 Å². The lowest BCUT2D eigenvalue weighted by Crippen LogP contribution is -2.30. The van der Waals surface area contributed by atoms with Gasteiger partial charge >= 0.3 is 0 Å². The van der Waals surface area contributed by atoms with E-state index in [4.69, 9.17) is 0 Å². The number of H-pyrrole nitrogens is 1. The van der Waals surface area contributed by atoms with Crippen LogP contribution in [0.5, 0.6) is 0 Å². The molecule has 4 heteroatoms. The van der Waals surface area contributed by atoms with Gasteiger partial charge in [0.25, 0.3) is 0 Å². The van der Waals surface area contributed by atoms with Crippen LogP contribution in [0, 0.1) is 6.92 Å². The van der Waals surface area contributed by atoms with Crippen LogP contribution in [0.15, 0.2) is 30.5 Å². The zero-order valence-electron chi connectivity index (χ0n) is 9.53. The average molecular weight is 227 g/mol. The van der Waals surface area contributed by atoms with E-state index in [1.165, 1.54) is 5.56 Å². The number of hydrogen-bond donors (Lipinski definition) is 2. The molecule has 17 heavy (non-hydrogen) atoms. The number of aryl methyl sites for hydroxylation is 1. The van der Waals surface area contributed by atoms with Gasteiger partial charge in [-0.05, 0) is 24.5 Å². The summed E-state index contributed by atoms with van der Waals surface area (Å²) >= 11 is 0. The van der Waals surface area contributed by atoms with E-state index in [1.54, 1.807) is 6.20 Å². The van der Waals surface area contributed by atoms with E-state index >= 15 is 0 Å². The second-order valence-electron chi connectivity index (χ2n) is 4.37. The number of rotatable bonds is 2. The molecule has 2 N–H and O–H groups in total. The summed E-state index contributed by atoms with van der Waals surface area (Å²) in [5.74, 6) is 0.712. The molecule has 1 heterocycles. The number of aromatic amines is 1. The number of benzene rings is 1. The molecule has 1 unspecified atom stereocenters. The lowest BCUT2D eigenvalue weighted by molar-refractivity contribution is -0.118. The van der Waals surface area contributed by atoms with Crippen molar-refractivity contribution < 1.29 is 4.79 Å². The Balaban J connectivity index is 1.76. The summed E-state index contributed by atoms with van der Waals surface area (Å²) in [5, 5.41) is 9.54. The van der Waals surface area contributed by atoms with Gasteiger partial charge < -0.3 is 5.32 Å². The molecular formula is C13H13N3O. The number of carbonyl (C=O) groups excluding carboxylic acids is 1. The van der Waals surface area contributed by atoms with E-state index in [0.717, 1.165) is 17.5 Å². The lowest BCUT2D eigenvalue weighted by Gasteiger charge is -2.28. The van der Waals surface area contributed by atoms with E-state index in [1.807, 2.05) is 25.1 Å². The van der Waals surface area contributed by atoms with Crippen molar-refractivity contribution in [1.29, 1.82) is 0 Å². The van der Waals surface area contributed by atoms with Crippen LogP contribution in [0.4, 0.5) is 5.82 Å². The highest BCUT2D eigenvalue weighted by atomic mass is 16.2. The standard InChI is InChI=1S/C13H13N3O/c1-8-7-14-16-12(8)15-13(17)11-6-9-4-2-3-5-10(9)11/h2-5,7,11H,6H2,1H3,(H2,14,15,16,17). The van der Waals surface area contributed by atoms with E-state index in [9.17, 15) is 4.79 Å². The minimum Gasteiger partial charge on any atom is -0.310 e. The Bertz CT molecular complexity index is 574. The van der Waals surface area contributed by atoms with Crippen molar-refractivity contribution in [3.8, 4) is 0 Å². The van der Waals surface area contributed by atoms with Crippen LogP contribution in [-0.2, 0) is 11.2 Å². The molecular weight excluding hydrogens is 214 g/mol. The highest BCUT2D eigenvalue weighted by Crippen LogP contribution is 2.35. The smallest absolute Gasteiger partial charge is 0.233 e. The SMILES string of the molecule is Cc1cn[nH]c1NC(=O)C1Cc2ccccc21. The van der Waals surface area contributed by atoms with Crippen LogP contribution in [-0.4, -0.2) is 16.1 Å². The summed E-state index contributed by atoms with van der Waals surface area (Å²) in [6, 6.07) is 8.06. The first-order valence-corrected chi connectivity index (χ1v) is 5.64. The maximum atomic E-state index is 12.0. The second-order valence-corrected chi connectivity index (χ2v) is 4.37. The zero-order chi connectivity index (χ0) is 11.8. The Labute approximate surface area is 99.1 Å². The van der Waals surface area contributed by atoms with Gasteiger partial charge in [-0.25, -0.2) is 0 Å². The minimum atomic E-state index is -0.0195. The summed E-state index contributed by atoms with van der Waals surface area (Å²) in [7, 11) is 0. The molecule has 4 nitrogen and oxygen atoms in total. The largest absolute Gasteiger partial charge is 0.310 e. The summed E-state index contributed by atoms with van der Waals surface area (Å²) in [6.45, 7) is 1.91. The molecule has 0 spiro atoms. The fraction of sp³-hybridized carbons (Fsp3) is 0.231. The molecule has 1 amide bonds. The quantitative estimate of drug-likeness (QED) is 0.824. The first kappa shape index (κ1) is 10.1. The van der Waals surface area contributed by atoms with Crippen molar-refractivity contribution in [2.24, 2.45) is 0 Å². The number of hydrogen-bond acceptors (Lipinski definition) is 2. The first-order chi connectivity index (χ1) is 8.25. The van der Waals surface area contributed by atoms with Gasteiger partial charge in [0.1, 0.15) is 5.82 Å². The fourth-order valence-corrected chi connectivity index (χ4v) is 2.18. The van der Waals surface area contributed by atoms with Crippen LogP contribution in [0.25, 0.3) is 0 Å². The van der Waals surface area contributed by atoms with Gasteiger partial charge in [0.15, 0.2) is 0 Å². The van der Waals surface area contributed by atoms with Gasteiger partial charge in [-0.15, -0.1) is 0 Å². The molecule has 1 aliphatic rings. The number of fused-ring (bicyclic) bond motifs is 1. The van der Waals surface area contributed by atoms with E-state index < -0.39 is 0 Å². The van der Waals surface area contributed by atoms with Crippen molar-refractivity contribution >= 4 is 11.7 Å². The molecule has 0 radical (unpaired) electrons. The number of nitrogens with one attached hydrogen (secondary N) is 2. The van der Waals surface area contributed by atoms with Crippen LogP contribution < -0.4 is 5.32 Å². The highest BCUT2D eigenvalue weighted by Gasteiger charge is 2.31. The molecule has 0 aliphatic heterocycles. The summed E-state index contributed by atoms with van der Waals surface area (Å²) < 4.78 is 0. The van der Waals surface area contributed by atoms with Crippen LogP contribution in [0.1, 0.15) is 22.6 Å². The molecule has 1 aromatic heterocycles. The predicted molar refractivity (Wildman–Crippen MR) is 64.8 cm³/mol.